The first-order valence-corrected chi connectivity index (χ1v) is 5.76. The van der Waals surface area contributed by atoms with Crippen LogP contribution in [0.2, 0.25) is 0 Å². The Morgan fingerprint density at radius 3 is 2.56 bits per heavy atom. The van der Waals surface area contributed by atoms with Crippen LogP contribution in [0, 0.1) is 0 Å². The lowest BCUT2D eigenvalue weighted by atomic mass is 10.2. The fraction of sp³-hybridized carbons (Fsp3) is 0.357. The average molecular weight is 249 g/mol. The van der Waals surface area contributed by atoms with Gasteiger partial charge in [0, 0.05) is 19.7 Å². The van der Waals surface area contributed by atoms with Crippen molar-refractivity contribution >= 4 is 11.7 Å². The van der Waals surface area contributed by atoms with Crippen LogP contribution in [-0.4, -0.2) is 31.3 Å². The van der Waals surface area contributed by atoms with Gasteiger partial charge in [-0.05, 0) is 32.1 Å². The van der Waals surface area contributed by atoms with Crippen LogP contribution in [0.3, 0.4) is 0 Å². The molecule has 0 saturated heterocycles. The number of carbonyl (C=O) groups is 1. The van der Waals surface area contributed by atoms with E-state index in [1.165, 1.54) is 0 Å². The van der Waals surface area contributed by atoms with Crippen molar-refractivity contribution in [2.75, 3.05) is 19.0 Å². The second-order valence-electron chi connectivity index (χ2n) is 4.34. The van der Waals surface area contributed by atoms with Gasteiger partial charge in [0.2, 0.25) is 0 Å². The molecule has 18 heavy (non-hydrogen) atoms. The van der Waals surface area contributed by atoms with E-state index in [0.29, 0.717) is 0 Å². The molecule has 0 spiro atoms. The summed E-state index contributed by atoms with van der Waals surface area (Å²) in [4.78, 5) is 12.7. The summed E-state index contributed by atoms with van der Waals surface area (Å²) >= 11 is 0. The molecule has 0 radical (unpaired) electrons. The van der Waals surface area contributed by atoms with Gasteiger partial charge in [-0.15, -0.1) is 0 Å². The monoisotopic (exact) mass is 249 g/mol. The molecule has 98 valence electrons. The number of para-hydroxylation sites is 2. The highest BCUT2D eigenvalue weighted by atomic mass is 16.5. The van der Waals surface area contributed by atoms with E-state index in [1.807, 2.05) is 50.2 Å². The van der Waals surface area contributed by atoms with Gasteiger partial charge in [0.1, 0.15) is 11.9 Å². The number of hydrogen-bond donors (Lipinski definition) is 1. The molecule has 1 aromatic carbocycles. The predicted molar refractivity (Wildman–Crippen MR) is 72.3 cm³/mol. The first-order chi connectivity index (χ1) is 8.41. The molecule has 0 bridgehead atoms. The van der Waals surface area contributed by atoms with Gasteiger partial charge in [0.25, 0.3) is 0 Å². The van der Waals surface area contributed by atoms with Gasteiger partial charge in [0.15, 0.2) is 0 Å². The largest absolute Gasteiger partial charge is 0.484 e. The second kappa shape index (κ2) is 6.10. The van der Waals surface area contributed by atoms with Gasteiger partial charge in [-0.3, -0.25) is 0 Å². The summed E-state index contributed by atoms with van der Waals surface area (Å²) in [7, 11) is 3.87. The molecule has 0 aliphatic carbocycles. The van der Waals surface area contributed by atoms with Crippen LogP contribution in [0.5, 0.6) is 5.75 Å². The molecule has 4 nitrogen and oxygen atoms in total. The Morgan fingerprint density at radius 1 is 1.39 bits per heavy atom. The molecule has 0 aliphatic heterocycles. The SMILES string of the molecule is CC(=CC(C)Oc1ccccc1N(C)C)C(=O)O. The number of rotatable bonds is 5. The Labute approximate surface area is 107 Å². The summed E-state index contributed by atoms with van der Waals surface area (Å²) in [5.41, 5.74) is 1.25. The van der Waals surface area contributed by atoms with Gasteiger partial charge in [-0.25, -0.2) is 4.79 Å². The van der Waals surface area contributed by atoms with Crippen molar-refractivity contribution < 1.29 is 14.6 Å². The smallest absolute Gasteiger partial charge is 0.331 e. The molecule has 4 heteroatoms. The number of hydrogen-bond acceptors (Lipinski definition) is 3. The van der Waals surface area contributed by atoms with E-state index in [4.69, 9.17) is 9.84 Å². The van der Waals surface area contributed by atoms with Gasteiger partial charge < -0.3 is 14.7 Å². The zero-order valence-electron chi connectivity index (χ0n) is 11.2. The Balaban J connectivity index is 2.85. The minimum atomic E-state index is -0.925. The normalized spacial score (nSPS) is 13.0. The standard InChI is InChI=1S/C14H19NO3/c1-10(14(16)17)9-11(2)18-13-8-6-5-7-12(13)15(3)4/h5-9,11H,1-4H3,(H,16,17). The number of carboxylic acids is 1. The zero-order chi connectivity index (χ0) is 13.7. The van der Waals surface area contributed by atoms with Crippen LogP contribution < -0.4 is 9.64 Å². The van der Waals surface area contributed by atoms with E-state index in [-0.39, 0.29) is 11.7 Å². The van der Waals surface area contributed by atoms with Crippen LogP contribution in [0.15, 0.2) is 35.9 Å². The van der Waals surface area contributed by atoms with Crippen molar-refractivity contribution in [3.8, 4) is 5.75 Å². The maximum Gasteiger partial charge on any atom is 0.331 e. The van der Waals surface area contributed by atoms with E-state index < -0.39 is 5.97 Å². The molecule has 1 rings (SSSR count). The van der Waals surface area contributed by atoms with Crippen LogP contribution in [0.1, 0.15) is 13.8 Å². The first kappa shape index (κ1) is 14.1. The Kier molecular flexibility index (Phi) is 4.77. The van der Waals surface area contributed by atoms with Crippen molar-refractivity contribution in [3.05, 3.63) is 35.9 Å². The summed E-state index contributed by atoms with van der Waals surface area (Å²) < 4.78 is 5.75. The Morgan fingerprint density at radius 2 is 2.00 bits per heavy atom. The third kappa shape index (κ3) is 3.80. The topological polar surface area (TPSA) is 49.8 Å². The van der Waals surface area contributed by atoms with Crippen molar-refractivity contribution in [2.45, 2.75) is 20.0 Å². The third-order valence-corrected chi connectivity index (χ3v) is 2.48. The molecule has 0 aliphatic rings. The molecule has 0 fully saturated rings. The molecule has 1 unspecified atom stereocenters. The number of carboxylic acid groups (broad SMARTS) is 1. The quantitative estimate of drug-likeness (QED) is 0.815. The first-order valence-electron chi connectivity index (χ1n) is 5.76. The van der Waals surface area contributed by atoms with Gasteiger partial charge in [-0.1, -0.05) is 12.1 Å². The van der Waals surface area contributed by atoms with Crippen LogP contribution in [0.25, 0.3) is 0 Å². The fourth-order valence-corrected chi connectivity index (χ4v) is 1.58. The number of aliphatic carboxylic acids is 1. The fourth-order valence-electron chi connectivity index (χ4n) is 1.58. The van der Waals surface area contributed by atoms with E-state index >= 15 is 0 Å². The van der Waals surface area contributed by atoms with E-state index in [2.05, 4.69) is 0 Å². The van der Waals surface area contributed by atoms with Crippen molar-refractivity contribution in [1.82, 2.24) is 0 Å². The lowest BCUT2D eigenvalue weighted by Gasteiger charge is -2.19. The zero-order valence-corrected chi connectivity index (χ0v) is 11.2. The number of ether oxygens (including phenoxy) is 1. The molecule has 0 heterocycles. The molecular weight excluding hydrogens is 230 g/mol. The Hall–Kier alpha value is -1.97. The summed E-state index contributed by atoms with van der Waals surface area (Å²) in [6.07, 6.45) is 1.30. The molecule has 0 saturated carbocycles. The molecular formula is C14H19NO3. The van der Waals surface area contributed by atoms with E-state index in [0.717, 1.165) is 11.4 Å². The van der Waals surface area contributed by atoms with Crippen LogP contribution in [-0.2, 0) is 4.79 Å². The summed E-state index contributed by atoms with van der Waals surface area (Å²) in [5.74, 6) is -0.184. The predicted octanol–water partition coefficient (Wildman–Crippen LogP) is 2.55. The lowest BCUT2D eigenvalue weighted by molar-refractivity contribution is -0.132. The minimum Gasteiger partial charge on any atom is -0.484 e. The van der Waals surface area contributed by atoms with Crippen molar-refractivity contribution in [3.63, 3.8) is 0 Å². The highest BCUT2D eigenvalue weighted by Gasteiger charge is 2.09. The van der Waals surface area contributed by atoms with E-state index in [1.54, 1.807) is 13.0 Å². The average Bonchev–Trinajstić information content (AvgIpc) is 2.28. The molecule has 0 aromatic heterocycles. The highest BCUT2D eigenvalue weighted by Crippen LogP contribution is 2.27. The van der Waals surface area contributed by atoms with Crippen molar-refractivity contribution in [1.29, 1.82) is 0 Å². The summed E-state index contributed by atoms with van der Waals surface area (Å²) in [5, 5.41) is 8.81. The van der Waals surface area contributed by atoms with Gasteiger partial charge >= 0.3 is 5.97 Å². The van der Waals surface area contributed by atoms with Crippen LogP contribution in [0.4, 0.5) is 5.69 Å². The van der Waals surface area contributed by atoms with Gasteiger partial charge in [0.05, 0.1) is 5.69 Å². The highest BCUT2D eigenvalue weighted by molar-refractivity contribution is 5.85. The molecule has 0 amide bonds. The molecule has 1 atom stereocenters. The second-order valence-corrected chi connectivity index (χ2v) is 4.34. The summed E-state index contributed by atoms with van der Waals surface area (Å²) in [6.45, 7) is 3.37. The maximum atomic E-state index is 10.7. The molecule has 1 N–H and O–H groups in total. The maximum absolute atomic E-state index is 10.7. The van der Waals surface area contributed by atoms with Crippen LogP contribution >= 0.6 is 0 Å². The third-order valence-electron chi connectivity index (χ3n) is 2.48. The lowest BCUT2D eigenvalue weighted by Crippen LogP contribution is -2.15. The number of benzene rings is 1. The summed E-state index contributed by atoms with van der Waals surface area (Å²) in [6, 6.07) is 7.65. The van der Waals surface area contributed by atoms with Gasteiger partial charge in [-0.2, -0.15) is 0 Å². The number of anilines is 1. The van der Waals surface area contributed by atoms with E-state index in [9.17, 15) is 4.79 Å². The van der Waals surface area contributed by atoms with Crippen molar-refractivity contribution in [2.24, 2.45) is 0 Å². The Bertz CT molecular complexity index is 452. The minimum absolute atomic E-state index is 0.282. The number of nitrogens with zero attached hydrogens (tertiary/aromatic N) is 1. The molecule has 1 aromatic rings.